The summed E-state index contributed by atoms with van der Waals surface area (Å²) < 4.78 is 1.87. The molecule has 10 nitrogen and oxygen atoms in total. The number of nitrogen functional groups attached to an aromatic ring is 1. The lowest BCUT2D eigenvalue weighted by Gasteiger charge is -2.28. The fourth-order valence-electron chi connectivity index (χ4n) is 4.22. The third-order valence-electron chi connectivity index (χ3n) is 5.63. The van der Waals surface area contributed by atoms with Crippen LogP contribution in [0.1, 0.15) is 31.7 Å². The predicted octanol–water partition coefficient (Wildman–Crippen LogP) is 3.36. The predicted molar refractivity (Wildman–Crippen MR) is 112 cm³/mol. The van der Waals surface area contributed by atoms with Gasteiger partial charge in [-0.2, -0.15) is 5.10 Å². The van der Waals surface area contributed by atoms with Gasteiger partial charge >= 0.3 is 6.09 Å². The Hall–Kier alpha value is -3.40. The number of pyridine rings is 1. The highest BCUT2D eigenvalue weighted by molar-refractivity contribution is 6.38. The third-order valence-corrected chi connectivity index (χ3v) is 6.02. The van der Waals surface area contributed by atoms with Crippen LogP contribution in [-0.4, -0.2) is 47.0 Å². The molecule has 5 N–H and O–H groups in total. The molecule has 0 radical (unpaired) electrons. The SMILES string of the molecule is Nc1ncnc2c1c(-c1[nH]c3ncccc3c1Cl)nn2C1CCC(NC(=O)O)CC1. The van der Waals surface area contributed by atoms with E-state index in [4.69, 9.17) is 27.5 Å². The number of rotatable bonds is 3. The van der Waals surface area contributed by atoms with E-state index < -0.39 is 6.09 Å². The zero-order valence-corrected chi connectivity index (χ0v) is 16.6. The summed E-state index contributed by atoms with van der Waals surface area (Å²) in [6.07, 6.45) is 5.12. The van der Waals surface area contributed by atoms with Gasteiger partial charge in [0.05, 0.1) is 22.1 Å². The fraction of sp³-hybridized carbons (Fsp3) is 0.316. The highest BCUT2D eigenvalue weighted by Gasteiger charge is 2.28. The minimum absolute atomic E-state index is 0.0473. The second kappa shape index (κ2) is 7.13. The van der Waals surface area contributed by atoms with Crippen molar-refractivity contribution in [3.05, 3.63) is 29.7 Å². The quantitative estimate of drug-likeness (QED) is 0.392. The van der Waals surface area contributed by atoms with E-state index in [-0.39, 0.29) is 12.1 Å². The number of nitrogens with zero attached hydrogens (tertiary/aromatic N) is 5. The lowest BCUT2D eigenvalue weighted by atomic mass is 9.91. The lowest BCUT2D eigenvalue weighted by molar-refractivity contribution is 0.182. The van der Waals surface area contributed by atoms with Crippen molar-refractivity contribution in [2.45, 2.75) is 37.8 Å². The molecule has 1 amide bonds. The van der Waals surface area contributed by atoms with Crippen LogP contribution in [0.25, 0.3) is 33.5 Å². The van der Waals surface area contributed by atoms with E-state index in [0.717, 1.165) is 31.1 Å². The highest BCUT2D eigenvalue weighted by atomic mass is 35.5. The van der Waals surface area contributed by atoms with E-state index in [1.807, 2.05) is 16.8 Å². The number of H-pyrrole nitrogens is 1. The molecule has 0 aromatic carbocycles. The maximum atomic E-state index is 10.9. The van der Waals surface area contributed by atoms with E-state index in [1.54, 1.807) is 6.20 Å². The molecule has 0 bridgehead atoms. The number of nitrogens with two attached hydrogens (primary N) is 1. The highest BCUT2D eigenvalue weighted by Crippen LogP contribution is 2.39. The van der Waals surface area contributed by atoms with E-state index in [9.17, 15) is 4.79 Å². The Kier molecular flexibility index (Phi) is 4.43. The first-order valence-electron chi connectivity index (χ1n) is 9.63. The first-order chi connectivity index (χ1) is 14.5. The molecule has 30 heavy (non-hydrogen) atoms. The second-order valence-electron chi connectivity index (χ2n) is 7.42. The van der Waals surface area contributed by atoms with Crippen molar-refractivity contribution in [3.63, 3.8) is 0 Å². The molecule has 1 aliphatic carbocycles. The lowest BCUT2D eigenvalue weighted by Crippen LogP contribution is -2.37. The summed E-state index contributed by atoms with van der Waals surface area (Å²) in [7, 11) is 0. The molecule has 1 saturated carbocycles. The molecular formula is C19H19ClN8O2. The van der Waals surface area contributed by atoms with E-state index in [1.165, 1.54) is 6.33 Å². The van der Waals surface area contributed by atoms with Crippen LogP contribution in [0, 0.1) is 0 Å². The van der Waals surface area contributed by atoms with Crippen molar-refractivity contribution in [3.8, 4) is 11.4 Å². The average Bonchev–Trinajstić information content (AvgIpc) is 3.28. The molecule has 4 aromatic rings. The molecule has 0 spiro atoms. The zero-order valence-electron chi connectivity index (χ0n) is 15.8. The molecule has 4 heterocycles. The van der Waals surface area contributed by atoms with Crippen molar-refractivity contribution in [1.82, 2.24) is 35.0 Å². The Morgan fingerprint density at radius 3 is 2.80 bits per heavy atom. The van der Waals surface area contributed by atoms with Crippen molar-refractivity contribution < 1.29 is 9.90 Å². The van der Waals surface area contributed by atoms with Crippen LogP contribution in [-0.2, 0) is 0 Å². The molecular weight excluding hydrogens is 408 g/mol. The molecule has 11 heteroatoms. The average molecular weight is 427 g/mol. The summed E-state index contributed by atoms with van der Waals surface area (Å²) >= 11 is 6.64. The van der Waals surface area contributed by atoms with Crippen LogP contribution >= 0.6 is 11.6 Å². The van der Waals surface area contributed by atoms with Crippen molar-refractivity contribution in [2.24, 2.45) is 0 Å². The fourth-order valence-corrected chi connectivity index (χ4v) is 4.51. The van der Waals surface area contributed by atoms with Gasteiger partial charge in [-0.1, -0.05) is 11.6 Å². The van der Waals surface area contributed by atoms with Gasteiger partial charge in [-0.25, -0.2) is 24.4 Å². The number of amides is 1. The first-order valence-corrected chi connectivity index (χ1v) is 10.0. The van der Waals surface area contributed by atoms with Crippen LogP contribution in [0.3, 0.4) is 0 Å². The van der Waals surface area contributed by atoms with Gasteiger partial charge in [0.15, 0.2) is 5.65 Å². The Bertz CT molecular complexity index is 1260. The number of carboxylic acid groups (broad SMARTS) is 1. The number of anilines is 1. The molecule has 1 aliphatic rings. The van der Waals surface area contributed by atoms with E-state index >= 15 is 0 Å². The van der Waals surface area contributed by atoms with Crippen LogP contribution in [0.2, 0.25) is 5.02 Å². The minimum atomic E-state index is -0.993. The Morgan fingerprint density at radius 1 is 1.27 bits per heavy atom. The molecule has 5 rings (SSSR count). The van der Waals surface area contributed by atoms with Gasteiger partial charge in [0, 0.05) is 17.6 Å². The smallest absolute Gasteiger partial charge is 0.404 e. The number of carbonyl (C=O) groups is 1. The molecule has 154 valence electrons. The van der Waals surface area contributed by atoms with Gasteiger partial charge in [-0.3, -0.25) is 0 Å². The number of hydrogen-bond donors (Lipinski definition) is 4. The third kappa shape index (κ3) is 3.00. The number of nitrogens with one attached hydrogen (secondary N) is 2. The summed E-state index contributed by atoms with van der Waals surface area (Å²) in [4.78, 5) is 27.1. The van der Waals surface area contributed by atoms with Gasteiger partial charge in [0.25, 0.3) is 0 Å². The topological polar surface area (TPSA) is 148 Å². The number of fused-ring (bicyclic) bond motifs is 2. The summed E-state index contributed by atoms with van der Waals surface area (Å²) in [5.74, 6) is 0.324. The summed E-state index contributed by atoms with van der Waals surface area (Å²) in [5.41, 5.74) is 8.71. The normalized spacial score (nSPS) is 19.4. The zero-order chi connectivity index (χ0) is 20.8. The van der Waals surface area contributed by atoms with Crippen molar-refractivity contribution >= 4 is 45.6 Å². The van der Waals surface area contributed by atoms with E-state index in [0.29, 0.717) is 38.9 Å². The standard InChI is InChI=1S/C19H19ClN8O2/c20-13-11-2-1-7-22-17(11)26-15(13)14-12-16(21)23-8-24-18(12)28(27-14)10-5-3-9(4-6-10)25-19(29)30/h1-2,7-10,25H,3-6H2,(H,22,26)(H,29,30)(H2,21,23,24). The van der Waals surface area contributed by atoms with Gasteiger partial charge < -0.3 is 21.1 Å². The van der Waals surface area contributed by atoms with Crippen molar-refractivity contribution in [2.75, 3.05) is 5.73 Å². The molecule has 0 aliphatic heterocycles. The molecule has 1 fully saturated rings. The van der Waals surface area contributed by atoms with Gasteiger partial charge in [-0.15, -0.1) is 0 Å². The molecule has 4 aromatic heterocycles. The molecule has 0 saturated heterocycles. The number of halogens is 1. The second-order valence-corrected chi connectivity index (χ2v) is 7.80. The monoisotopic (exact) mass is 426 g/mol. The maximum Gasteiger partial charge on any atom is 0.404 e. The molecule has 0 atom stereocenters. The summed E-state index contributed by atoms with van der Waals surface area (Å²) in [5, 5.41) is 18.3. The van der Waals surface area contributed by atoms with Crippen molar-refractivity contribution in [1.29, 1.82) is 0 Å². The Labute approximate surface area is 175 Å². The van der Waals surface area contributed by atoms with Gasteiger partial charge in [-0.05, 0) is 37.8 Å². The maximum absolute atomic E-state index is 10.9. The number of aromatic amines is 1. The van der Waals surface area contributed by atoms with Gasteiger partial charge in [0.2, 0.25) is 0 Å². The Balaban J connectivity index is 1.59. The summed E-state index contributed by atoms with van der Waals surface area (Å²) in [6, 6.07) is 3.74. The number of aromatic nitrogens is 6. The van der Waals surface area contributed by atoms with Crippen LogP contribution < -0.4 is 11.1 Å². The first kappa shape index (κ1) is 18.6. The Morgan fingerprint density at radius 2 is 2.07 bits per heavy atom. The van der Waals surface area contributed by atoms with E-state index in [2.05, 4.69) is 25.3 Å². The van der Waals surface area contributed by atoms with Crippen LogP contribution in [0.5, 0.6) is 0 Å². The molecule has 0 unspecified atom stereocenters. The minimum Gasteiger partial charge on any atom is -0.465 e. The number of hydrogen-bond acceptors (Lipinski definition) is 6. The largest absolute Gasteiger partial charge is 0.465 e. The van der Waals surface area contributed by atoms with Crippen LogP contribution in [0.15, 0.2) is 24.7 Å². The van der Waals surface area contributed by atoms with Crippen LogP contribution in [0.4, 0.5) is 10.6 Å². The van der Waals surface area contributed by atoms with Gasteiger partial charge in [0.1, 0.15) is 23.5 Å². The summed E-state index contributed by atoms with van der Waals surface area (Å²) in [6.45, 7) is 0.